The number of cyclic esters (lactones) is 1. The molecule has 2 aliphatic heterocycles. The number of hydrogen-bond acceptors (Lipinski definition) is 5. The molecule has 2 fully saturated rings. The van der Waals surface area contributed by atoms with Crippen molar-refractivity contribution in [1.82, 2.24) is 10.2 Å². The van der Waals surface area contributed by atoms with Crippen molar-refractivity contribution in [3.05, 3.63) is 0 Å². The van der Waals surface area contributed by atoms with E-state index in [0.717, 1.165) is 0 Å². The molecule has 20 heavy (non-hydrogen) atoms. The maximum absolute atomic E-state index is 12.9. The van der Waals surface area contributed by atoms with Crippen LogP contribution in [-0.2, 0) is 19.1 Å². The fourth-order valence-electron chi connectivity index (χ4n) is 2.19. The number of alkyl halides is 2. The van der Waals surface area contributed by atoms with Crippen molar-refractivity contribution >= 4 is 11.9 Å². The van der Waals surface area contributed by atoms with Gasteiger partial charge in [0.2, 0.25) is 5.91 Å². The molecule has 114 valence electrons. The van der Waals surface area contributed by atoms with Gasteiger partial charge in [-0.1, -0.05) is 0 Å². The molecular formula is C12H18F2N2O4. The second-order valence-electron chi connectivity index (χ2n) is 4.88. The first-order valence-corrected chi connectivity index (χ1v) is 6.64. The quantitative estimate of drug-likeness (QED) is 0.560. The van der Waals surface area contributed by atoms with Crippen LogP contribution in [0.2, 0.25) is 0 Å². The third-order valence-corrected chi connectivity index (χ3v) is 3.31. The standard InChI is InChI=1S/C12H18F2N2O4/c13-12(14)7-9(20-11(12)18)8-15-2-1-10(17)16-3-5-19-6-4-16/h9,15H,1-8H2. The summed E-state index contributed by atoms with van der Waals surface area (Å²) in [7, 11) is 0. The second-order valence-corrected chi connectivity index (χ2v) is 4.88. The monoisotopic (exact) mass is 292 g/mol. The molecule has 1 unspecified atom stereocenters. The lowest BCUT2D eigenvalue weighted by Crippen LogP contribution is -2.42. The molecule has 0 aromatic carbocycles. The van der Waals surface area contributed by atoms with Crippen LogP contribution >= 0.6 is 0 Å². The fourth-order valence-corrected chi connectivity index (χ4v) is 2.19. The number of carbonyl (C=O) groups is 2. The Morgan fingerprint density at radius 2 is 2.10 bits per heavy atom. The first-order valence-electron chi connectivity index (χ1n) is 6.64. The van der Waals surface area contributed by atoms with Gasteiger partial charge >= 0.3 is 11.9 Å². The molecule has 0 radical (unpaired) electrons. The highest BCUT2D eigenvalue weighted by Gasteiger charge is 2.50. The van der Waals surface area contributed by atoms with Gasteiger partial charge in [0, 0.05) is 32.6 Å². The van der Waals surface area contributed by atoms with E-state index in [9.17, 15) is 18.4 Å². The maximum atomic E-state index is 12.9. The van der Waals surface area contributed by atoms with Crippen molar-refractivity contribution < 1.29 is 27.8 Å². The number of ether oxygens (including phenoxy) is 2. The SMILES string of the molecule is O=C(CCNCC1CC(F)(F)C(=O)O1)N1CCOCC1. The summed E-state index contributed by atoms with van der Waals surface area (Å²) >= 11 is 0. The molecule has 0 saturated carbocycles. The van der Waals surface area contributed by atoms with Crippen LogP contribution in [0.25, 0.3) is 0 Å². The Hall–Kier alpha value is -1.28. The number of carbonyl (C=O) groups excluding carboxylic acids is 2. The minimum atomic E-state index is -3.38. The number of halogens is 2. The summed E-state index contributed by atoms with van der Waals surface area (Å²) in [4.78, 5) is 24.3. The van der Waals surface area contributed by atoms with Crippen LogP contribution in [-0.4, -0.2) is 68.2 Å². The van der Waals surface area contributed by atoms with E-state index in [0.29, 0.717) is 32.8 Å². The smallest absolute Gasteiger partial charge is 0.377 e. The Balaban J connectivity index is 1.60. The molecule has 1 N–H and O–H groups in total. The third kappa shape index (κ3) is 3.86. The van der Waals surface area contributed by atoms with Crippen molar-refractivity contribution in [1.29, 1.82) is 0 Å². The van der Waals surface area contributed by atoms with E-state index < -0.39 is 24.4 Å². The maximum Gasteiger partial charge on any atom is 0.377 e. The van der Waals surface area contributed by atoms with E-state index in [1.165, 1.54) is 0 Å². The van der Waals surface area contributed by atoms with E-state index in [4.69, 9.17) is 4.74 Å². The van der Waals surface area contributed by atoms with E-state index in [2.05, 4.69) is 10.1 Å². The molecule has 0 bridgehead atoms. The molecule has 2 heterocycles. The van der Waals surface area contributed by atoms with Crippen molar-refractivity contribution in [3.63, 3.8) is 0 Å². The van der Waals surface area contributed by atoms with Gasteiger partial charge in [-0.05, 0) is 0 Å². The Labute approximate surface area is 115 Å². The normalized spacial score (nSPS) is 25.6. The molecule has 0 spiro atoms. The van der Waals surface area contributed by atoms with E-state index >= 15 is 0 Å². The summed E-state index contributed by atoms with van der Waals surface area (Å²) in [6.07, 6.45) is -1.14. The predicted molar refractivity (Wildman–Crippen MR) is 64.3 cm³/mol. The lowest BCUT2D eigenvalue weighted by atomic mass is 10.2. The predicted octanol–water partition coefficient (Wildman–Crippen LogP) is -0.224. The summed E-state index contributed by atoms with van der Waals surface area (Å²) in [6.45, 7) is 2.78. The van der Waals surface area contributed by atoms with Gasteiger partial charge in [-0.3, -0.25) is 4.79 Å². The van der Waals surface area contributed by atoms with Gasteiger partial charge in [0.1, 0.15) is 6.10 Å². The van der Waals surface area contributed by atoms with Crippen LogP contribution < -0.4 is 5.32 Å². The second kappa shape index (κ2) is 6.45. The summed E-state index contributed by atoms with van der Waals surface area (Å²) in [5, 5.41) is 2.87. The van der Waals surface area contributed by atoms with Gasteiger partial charge < -0.3 is 19.7 Å². The number of rotatable bonds is 5. The largest absolute Gasteiger partial charge is 0.456 e. The Bertz CT molecular complexity index is 372. The Morgan fingerprint density at radius 3 is 2.70 bits per heavy atom. The van der Waals surface area contributed by atoms with Crippen molar-refractivity contribution in [2.75, 3.05) is 39.4 Å². The molecule has 2 aliphatic rings. The summed E-state index contributed by atoms with van der Waals surface area (Å²) in [6, 6.07) is 0. The zero-order valence-electron chi connectivity index (χ0n) is 11.1. The fraction of sp³-hybridized carbons (Fsp3) is 0.833. The van der Waals surface area contributed by atoms with Crippen LogP contribution in [0.1, 0.15) is 12.8 Å². The van der Waals surface area contributed by atoms with Gasteiger partial charge in [-0.15, -0.1) is 0 Å². The Kier molecular flexibility index (Phi) is 4.87. The molecule has 2 saturated heterocycles. The average molecular weight is 292 g/mol. The topological polar surface area (TPSA) is 67.9 Å². The minimum Gasteiger partial charge on any atom is -0.456 e. The van der Waals surface area contributed by atoms with E-state index in [-0.39, 0.29) is 18.9 Å². The molecular weight excluding hydrogens is 274 g/mol. The van der Waals surface area contributed by atoms with Gasteiger partial charge in [0.15, 0.2) is 0 Å². The number of esters is 1. The van der Waals surface area contributed by atoms with Crippen molar-refractivity contribution in [2.24, 2.45) is 0 Å². The molecule has 1 amide bonds. The highest BCUT2D eigenvalue weighted by Crippen LogP contribution is 2.30. The molecule has 6 nitrogen and oxygen atoms in total. The van der Waals surface area contributed by atoms with Crippen LogP contribution in [0.3, 0.4) is 0 Å². The van der Waals surface area contributed by atoms with Crippen LogP contribution in [0.4, 0.5) is 8.78 Å². The van der Waals surface area contributed by atoms with Crippen LogP contribution in [0.5, 0.6) is 0 Å². The number of nitrogens with one attached hydrogen (secondary N) is 1. The lowest BCUT2D eigenvalue weighted by Gasteiger charge is -2.26. The first kappa shape index (κ1) is 15.1. The molecule has 0 aromatic rings. The number of nitrogens with zero attached hydrogens (tertiary/aromatic N) is 1. The van der Waals surface area contributed by atoms with Crippen molar-refractivity contribution in [2.45, 2.75) is 24.9 Å². The molecule has 1 atom stereocenters. The summed E-state index contributed by atoms with van der Waals surface area (Å²) < 4.78 is 35.5. The lowest BCUT2D eigenvalue weighted by molar-refractivity contribution is -0.159. The number of morpholine rings is 1. The van der Waals surface area contributed by atoms with Crippen LogP contribution in [0.15, 0.2) is 0 Å². The van der Waals surface area contributed by atoms with E-state index in [1.54, 1.807) is 4.90 Å². The van der Waals surface area contributed by atoms with Gasteiger partial charge in [0.25, 0.3) is 0 Å². The van der Waals surface area contributed by atoms with Crippen molar-refractivity contribution in [3.8, 4) is 0 Å². The van der Waals surface area contributed by atoms with E-state index in [1.807, 2.05) is 0 Å². The molecule has 2 rings (SSSR count). The third-order valence-electron chi connectivity index (χ3n) is 3.31. The first-order chi connectivity index (χ1) is 9.49. The van der Waals surface area contributed by atoms with Gasteiger partial charge in [-0.25, -0.2) is 4.79 Å². The Morgan fingerprint density at radius 1 is 1.40 bits per heavy atom. The summed E-state index contributed by atoms with van der Waals surface area (Å²) in [5.74, 6) is -4.83. The van der Waals surface area contributed by atoms with Gasteiger partial charge in [-0.2, -0.15) is 8.78 Å². The zero-order valence-corrected chi connectivity index (χ0v) is 11.1. The number of amides is 1. The highest BCUT2D eigenvalue weighted by molar-refractivity contribution is 5.79. The summed E-state index contributed by atoms with van der Waals surface area (Å²) in [5.41, 5.74) is 0. The number of hydrogen-bond donors (Lipinski definition) is 1. The molecule has 0 aliphatic carbocycles. The highest BCUT2D eigenvalue weighted by atomic mass is 19.3. The minimum absolute atomic E-state index is 0.00884. The average Bonchev–Trinajstić information content (AvgIpc) is 2.69. The van der Waals surface area contributed by atoms with Gasteiger partial charge in [0.05, 0.1) is 19.6 Å². The molecule has 8 heteroatoms. The zero-order chi connectivity index (χ0) is 14.6. The molecule has 0 aromatic heterocycles. The van der Waals surface area contributed by atoms with Crippen LogP contribution in [0, 0.1) is 0 Å².